The van der Waals surface area contributed by atoms with Crippen LogP contribution in [0.25, 0.3) is 0 Å². The van der Waals surface area contributed by atoms with Crippen LogP contribution in [0.3, 0.4) is 0 Å². The third-order valence-electron chi connectivity index (χ3n) is 6.44. The molecular formula is C28H33ClN6O5. The Bertz CT molecular complexity index is 1380. The number of nitrogens with one attached hydrogen (secondary N) is 2. The van der Waals surface area contributed by atoms with Gasteiger partial charge in [-0.15, -0.1) is 5.10 Å². The molecule has 2 aromatic carbocycles. The van der Waals surface area contributed by atoms with Crippen LogP contribution in [0, 0.1) is 6.92 Å². The Balaban J connectivity index is 1.53. The molecule has 0 saturated carbocycles. The highest BCUT2D eigenvalue weighted by molar-refractivity contribution is 6.32. The Morgan fingerprint density at radius 1 is 1.15 bits per heavy atom. The summed E-state index contributed by atoms with van der Waals surface area (Å²) in [5.74, 6) is -0.0358. The zero-order valence-corrected chi connectivity index (χ0v) is 23.5. The number of rotatable bonds is 2. The molecule has 1 aromatic heterocycles. The van der Waals surface area contributed by atoms with Gasteiger partial charge in [-0.25, -0.2) is 0 Å². The molecule has 2 N–H and O–H groups in total. The summed E-state index contributed by atoms with van der Waals surface area (Å²) in [5.41, 5.74) is 2.34. The largest absolute Gasteiger partial charge is 0.495 e. The van der Waals surface area contributed by atoms with Gasteiger partial charge in [-0.2, -0.15) is 0 Å². The Kier molecular flexibility index (Phi) is 9.60. The summed E-state index contributed by atoms with van der Waals surface area (Å²) in [6, 6.07) is 9.43. The molecule has 4 rings (SSSR count). The number of hydrogen-bond donors (Lipinski definition) is 2. The zero-order valence-electron chi connectivity index (χ0n) is 22.8. The molecule has 212 valence electrons. The number of amides is 3. The number of fused-ring (bicyclic) bond motifs is 3. The number of methoxy groups -OCH3 is 1. The first kappa shape index (κ1) is 28.9. The van der Waals surface area contributed by atoms with Crippen LogP contribution >= 0.6 is 11.6 Å². The van der Waals surface area contributed by atoms with Crippen molar-refractivity contribution in [1.29, 1.82) is 0 Å². The Labute approximate surface area is 237 Å². The van der Waals surface area contributed by atoms with Crippen molar-refractivity contribution in [2.24, 2.45) is 0 Å². The first-order chi connectivity index (χ1) is 19.2. The average Bonchev–Trinajstić information content (AvgIpc) is 3.38. The van der Waals surface area contributed by atoms with Gasteiger partial charge < -0.3 is 25.0 Å². The highest BCUT2D eigenvalue weighted by Crippen LogP contribution is 2.26. The van der Waals surface area contributed by atoms with Gasteiger partial charge in [0.05, 0.1) is 37.0 Å². The molecule has 0 aliphatic carbocycles. The number of ether oxygens (including phenoxy) is 2. The topological polar surface area (TPSA) is 128 Å². The van der Waals surface area contributed by atoms with Crippen molar-refractivity contribution < 1.29 is 23.9 Å². The van der Waals surface area contributed by atoms with Crippen LogP contribution in [-0.4, -0.2) is 70.5 Å². The molecule has 3 amide bonds. The molecule has 0 radical (unpaired) electrons. The van der Waals surface area contributed by atoms with Gasteiger partial charge in [0.15, 0.2) is 0 Å². The fourth-order valence-corrected chi connectivity index (χ4v) is 4.53. The molecule has 2 bridgehead atoms. The number of carbonyl (C=O) groups excluding carboxylic acids is 3. The second kappa shape index (κ2) is 13.3. The summed E-state index contributed by atoms with van der Waals surface area (Å²) in [6.07, 6.45) is 2.89. The van der Waals surface area contributed by atoms with Gasteiger partial charge in [-0.05, 0) is 56.2 Å². The maximum atomic E-state index is 13.4. The number of aryl methyl sites for hydroxylation is 2. The third kappa shape index (κ3) is 7.29. The second-order valence-electron chi connectivity index (χ2n) is 9.59. The molecule has 1 aliphatic heterocycles. The molecule has 0 unspecified atom stereocenters. The summed E-state index contributed by atoms with van der Waals surface area (Å²) in [4.78, 5) is 40.7. The number of aromatic nitrogens is 3. The first-order valence-electron chi connectivity index (χ1n) is 13.1. The summed E-state index contributed by atoms with van der Waals surface area (Å²) in [7, 11) is 1.51. The van der Waals surface area contributed by atoms with Crippen molar-refractivity contribution in [3.63, 3.8) is 0 Å². The van der Waals surface area contributed by atoms with Crippen molar-refractivity contribution in [2.45, 2.75) is 45.8 Å². The predicted molar refractivity (Wildman–Crippen MR) is 149 cm³/mol. The minimum Gasteiger partial charge on any atom is -0.495 e. The molecule has 0 spiro atoms. The van der Waals surface area contributed by atoms with Gasteiger partial charge in [0.25, 0.3) is 11.8 Å². The van der Waals surface area contributed by atoms with E-state index in [9.17, 15) is 14.4 Å². The first-order valence-corrected chi connectivity index (χ1v) is 13.5. The molecule has 3 aromatic rings. The molecule has 1 aliphatic rings. The fraction of sp³-hybridized carbons (Fsp3) is 0.393. The summed E-state index contributed by atoms with van der Waals surface area (Å²) >= 11 is 6.26. The van der Waals surface area contributed by atoms with Crippen molar-refractivity contribution in [1.82, 2.24) is 30.5 Å². The molecule has 11 nitrogen and oxygen atoms in total. The fourth-order valence-electron chi connectivity index (χ4n) is 4.27. The highest BCUT2D eigenvalue weighted by Gasteiger charge is 2.22. The lowest BCUT2D eigenvalue weighted by molar-refractivity contribution is -0.122. The molecule has 0 fully saturated rings. The highest BCUT2D eigenvalue weighted by atomic mass is 35.5. The number of carbonyl (C=O) groups is 3. The van der Waals surface area contributed by atoms with Gasteiger partial charge in [-0.1, -0.05) is 22.9 Å². The quantitative estimate of drug-likeness (QED) is 0.486. The smallest absolute Gasteiger partial charge is 0.255 e. The van der Waals surface area contributed by atoms with E-state index in [-0.39, 0.29) is 18.4 Å². The van der Waals surface area contributed by atoms with Crippen molar-refractivity contribution >= 4 is 29.3 Å². The van der Waals surface area contributed by atoms with Crippen LogP contribution in [0.1, 0.15) is 51.7 Å². The molecule has 2 heterocycles. The van der Waals surface area contributed by atoms with Crippen molar-refractivity contribution in [3.8, 4) is 11.5 Å². The lowest BCUT2D eigenvalue weighted by atomic mass is 10.1. The normalized spacial score (nSPS) is 17.3. The Hall–Kier alpha value is -4.12. The van der Waals surface area contributed by atoms with E-state index in [2.05, 4.69) is 20.9 Å². The minimum absolute atomic E-state index is 0.228. The lowest BCUT2D eigenvalue weighted by Gasteiger charge is -2.22. The van der Waals surface area contributed by atoms with Crippen molar-refractivity contribution in [3.05, 3.63) is 70.0 Å². The van der Waals surface area contributed by atoms with Crippen LogP contribution in [0.4, 0.5) is 0 Å². The van der Waals surface area contributed by atoms with Crippen LogP contribution in [0.5, 0.6) is 11.5 Å². The molecule has 1 atom stereocenters. The van der Waals surface area contributed by atoms with E-state index in [1.54, 1.807) is 53.0 Å². The summed E-state index contributed by atoms with van der Waals surface area (Å²) < 4.78 is 12.8. The Morgan fingerprint density at radius 2 is 1.98 bits per heavy atom. The van der Waals surface area contributed by atoms with E-state index in [1.807, 2.05) is 13.0 Å². The van der Waals surface area contributed by atoms with Crippen LogP contribution < -0.4 is 20.1 Å². The van der Waals surface area contributed by atoms with E-state index in [0.717, 1.165) is 5.56 Å². The van der Waals surface area contributed by atoms with Crippen LogP contribution in [-0.2, 0) is 17.9 Å². The maximum Gasteiger partial charge on any atom is 0.255 e. The molecular weight excluding hydrogens is 536 g/mol. The van der Waals surface area contributed by atoms with Gasteiger partial charge in [0.2, 0.25) is 5.91 Å². The molecule has 12 heteroatoms. The zero-order chi connectivity index (χ0) is 28.6. The second-order valence-corrected chi connectivity index (χ2v) is 10.00. The Morgan fingerprint density at radius 3 is 2.75 bits per heavy atom. The standard InChI is InChI=1S/C28H33ClN6O5/c1-18-6-8-22-25(14-18)40-13-5-12-35-17-21(32-33-35)16-34(11-4-10-30-26(36)19(2)31-27(22)37)28(38)20-7-9-24(39-3)23(29)15-20/h6-9,14-15,17,19H,4-5,10-13,16H2,1-3H3,(H,30,36)(H,31,37)/t19-/m1/s1. The van der Waals surface area contributed by atoms with Crippen LogP contribution in [0.2, 0.25) is 5.02 Å². The summed E-state index contributed by atoms with van der Waals surface area (Å²) in [6.45, 7) is 5.30. The maximum absolute atomic E-state index is 13.4. The number of benzene rings is 2. The van der Waals surface area contributed by atoms with E-state index in [4.69, 9.17) is 21.1 Å². The van der Waals surface area contributed by atoms with Gasteiger partial charge >= 0.3 is 0 Å². The third-order valence-corrected chi connectivity index (χ3v) is 6.74. The number of nitrogens with zero attached hydrogens (tertiary/aromatic N) is 4. The van der Waals surface area contributed by atoms with E-state index < -0.39 is 11.9 Å². The molecule has 0 saturated heterocycles. The van der Waals surface area contributed by atoms with E-state index >= 15 is 0 Å². The predicted octanol–water partition coefficient (Wildman–Crippen LogP) is 3.00. The van der Waals surface area contributed by atoms with Gasteiger partial charge in [-0.3, -0.25) is 19.1 Å². The van der Waals surface area contributed by atoms with E-state index in [1.165, 1.54) is 7.11 Å². The van der Waals surface area contributed by atoms with Crippen molar-refractivity contribution in [2.75, 3.05) is 26.8 Å². The summed E-state index contributed by atoms with van der Waals surface area (Å²) in [5, 5.41) is 14.3. The SMILES string of the molecule is COc1ccc(C(=O)N2CCCNC(=O)[C@@H](C)NC(=O)c3ccc(C)cc3OCCCn3cc(nn3)C2)cc1Cl. The van der Waals surface area contributed by atoms with Gasteiger partial charge in [0, 0.05) is 31.6 Å². The van der Waals surface area contributed by atoms with Gasteiger partial charge in [0.1, 0.15) is 23.2 Å². The van der Waals surface area contributed by atoms with E-state index in [0.29, 0.717) is 72.4 Å². The van der Waals surface area contributed by atoms with Crippen LogP contribution in [0.15, 0.2) is 42.6 Å². The number of hydrogen-bond acceptors (Lipinski definition) is 7. The lowest BCUT2D eigenvalue weighted by Crippen LogP contribution is -2.45. The number of halogens is 1. The monoisotopic (exact) mass is 568 g/mol. The average molecular weight is 569 g/mol. The molecule has 40 heavy (non-hydrogen) atoms. The minimum atomic E-state index is -0.767.